The smallest absolute Gasteiger partial charge is 0.253 e. The average molecular weight is 493 g/mol. The molecule has 2 aromatic carbocycles. The second-order valence-electron chi connectivity index (χ2n) is 9.48. The number of aryl methyl sites for hydroxylation is 2. The molecule has 3 aromatic rings. The van der Waals surface area contributed by atoms with Crippen LogP contribution in [-0.2, 0) is 11.3 Å². The molecule has 35 heavy (non-hydrogen) atoms. The molecule has 4 rings (SSSR count). The number of benzene rings is 2. The van der Waals surface area contributed by atoms with E-state index >= 15 is 0 Å². The van der Waals surface area contributed by atoms with E-state index in [9.17, 15) is 4.79 Å². The van der Waals surface area contributed by atoms with Crippen molar-refractivity contribution in [3.8, 4) is 0 Å². The molecule has 1 saturated heterocycles. The van der Waals surface area contributed by atoms with Gasteiger partial charge in [-0.25, -0.2) is 0 Å². The largest absolute Gasteiger partial charge is 0.379 e. The monoisotopic (exact) mass is 492 g/mol. The number of hydrogen-bond acceptors (Lipinski definition) is 4. The van der Waals surface area contributed by atoms with E-state index < -0.39 is 0 Å². The molecule has 6 nitrogen and oxygen atoms in total. The lowest BCUT2D eigenvalue weighted by molar-refractivity contribution is 0.0367. The van der Waals surface area contributed by atoms with Crippen LogP contribution in [0.15, 0.2) is 53.3 Å². The molecule has 0 amide bonds. The zero-order valence-corrected chi connectivity index (χ0v) is 21.8. The van der Waals surface area contributed by atoms with E-state index in [0.717, 1.165) is 73.4 Å². The molecular formula is C28H36N4O2S. The van der Waals surface area contributed by atoms with E-state index in [1.807, 2.05) is 37.3 Å². The van der Waals surface area contributed by atoms with Crippen molar-refractivity contribution in [1.29, 1.82) is 0 Å². The number of rotatable bonds is 8. The minimum absolute atomic E-state index is 0.0559. The molecule has 1 unspecified atom stereocenters. The fraction of sp³-hybridized carbons (Fsp3) is 0.429. The van der Waals surface area contributed by atoms with Crippen molar-refractivity contribution in [2.45, 2.75) is 39.8 Å². The normalized spacial score (nSPS) is 15.2. The first-order valence-corrected chi connectivity index (χ1v) is 12.8. The van der Waals surface area contributed by atoms with Crippen LogP contribution in [-0.4, -0.2) is 59.3 Å². The highest BCUT2D eigenvalue weighted by molar-refractivity contribution is 7.80. The molecule has 2 N–H and O–H groups in total. The van der Waals surface area contributed by atoms with E-state index in [0.29, 0.717) is 11.7 Å². The van der Waals surface area contributed by atoms with Crippen molar-refractivity contribution in [3.05, 3.63) is 81.1 Å². The van der Waals surface area contributed by atoms with Crippen LogP contribution in [0, 0.1) is 13.8 Å². The van der Waals surface area contributed by atoms with Crippen molar-refractivity contribution >= 4 is 28.2 Å². The quantitative estimate of drug-likeness (QED) is 0.457. The molecule has 7 heteroatoms. The molecule has 0 saturated carbocycles. The number of aromatic amines is 1. The third kappa shape index (κ3) is 6.69. The predicted molar refractivity (Wildman–Crippen MR) is 147 cm³/mol. The summed E-state index contributed by atoms with van der Waals surface area (Å²) in [5, 5.41) is 5.24. The summed E-state index contributed by atoms with van der Waals surface area (Å²) >= 11 is 5.87. The first-order chi connectivity index (χ1) is 16.9. The molecule has 1 aliphatic heterocycles. The molecule has 0 spiro atoms. The van der Waals surface area contributed by atoms with Crippen LogP contribution in [0.4, 0.5) is 0 Å². The van der Waals surface area contributed by atoms with Gasteiger partial charge in [0.25, 0.3) is 5.56 Å². The summed E-state index contributed by atoms with van der Waals surface area (Å²) in [5.74, 6) is 0. The Kier molecular flexibility index (Phi) is 8.55. The van der Waals surface area contributed by atoms with Gasteiger partial charge in [-0.2, -0.15) is 0 Å². The minimum atomic E-state index is -0.0559. The van der Waals surface area contributed by atoms with Crippen LogP contribution >= 0.6 is 12.2 Å². The third-order valence-electron chi connectivity index (χ3n) is 6.68. The minimum Gasteiger partial charge on any atom is -0.379 e. The summed E-state index contributed by atoms with van der Waals surface area (Å²) < 4.78 is 5.47. The van der Waals surface area contributed by atoms with Gasteiger partial charge in [-0.05, 0) is 68.2 Å². The lowest BCUT2D eigenvalue weighted by Gasteiger charge is -2.30. The van der Waals surface area contributed by atoms with Gasteiger partial charge < -0.3 is 19.9 Å². The van der Waals surface area contributed by atoms with Gasteiger partial charge >= 0.3 is 0 Å². The second-order valence-corrected chi connectivity index (χ2v) is 9.86. The number of hydrogen-bond donors (Lipinski definition) is 2. The van der Waals surface area contributed by atoms with E-state index in [-0.39, 0.29) is 11.6 Å². The Balaban J connectivity index is 1.52. The second kappa shape index (κ2) is 11.8. The number of fused-ring (bicyclic) bond motifs is 1. The molecule has 1 aliphatic rings. The van der Waals surface area contributed by atoms with Crippen molar-refractivity contribution < 1.29 is 4.74 Å². The first-order valence-electron chi connectivity index (χ1n) is 12.4. The predicted octanol–water partition coefficient (Wildman–Crippen LogP) is 4.30. The van der Waals surface area contributed by atoms with Crippen LogP contribution < -0.4 is 10.9 Å². The van der Waals surface area contributed by atoms with Gasteiger partial charge in [0, 0.05) is 42.6 Å². The van der Waals surface area contributed by atoms with Gasteiger partial charge in [-0.3, -0.25) is 9.69 Å². The van der Waals surface area contributed by atoms with Crippen molar-refractivity contribution in [3.63, 3.8) is 0 Å². The lowest BCUT2D eigenvalue weighted by Crippen LogP contribution is -2.43. The van der Waals surface area contributed by atoms with Gasteiger partial charge in [0.15, 0.2) is 5.11 Å². The fourth-order valence-electron chi connectivity index (χ4n) is 4.70. The summed E-state index contributed by atoms with van der Waals surface area (Å²) in [6.07, 6.45) is 0.964. The average Bonchev–Trinajstić information content (AvgIpc) is 2.85. The Morgan fingerprint density at radius 3 is 2.66 bits per heavy atom. The van der Waals surface area contributed by atoms with E-state index in [1.165, 1.54) is 5.56 Å². The van der Waals surface area contributed by atoms with Crippen LogP contribution in [0.25, 0.3) is 10.9 Å². The summed E-state index contributed by atoms with van der Waals surface area (Å²) in [7, 11) is 0. The molecule has 1 atom stereocenters. The Hall–Kier alpha value is -2.74. The van der Waals surface area contributed by atoms with Crippen molar-refractivity contribution in [2.24, 2.45) is 0 Å². The number of nitrogens with zero attached hydrogens (tertiary/aromatic N) is 2. The number of morpholine rings is 1. The number of thiocarbonyl (C=S) groups is 1. The Morgan fingerprint density at radius 2 is 1.91 bits per heavy atom. The highest BCUT2D eigenvalue weighted by Gasteiger charge is 2.17. The van der Waals surface area contributed by atoms with E-state index in [2.05, 4.69) is 52.1 Å². The number of H-pyrrole nitrogens is 1. The zero-order chi connectivity index (χ0) is 24.8. The van der Waals surface area contributed by atoms with Gasteiger partial charge in [0.05, 0.1) is 25.8 Å². The Bertz CT molecular complexity index is 1200. The summed E-state index contributed by atoms with van der Waals surface area (Å²) in [6, 6.07) is 16.6. The number of aromatic nitrogens is 1. The topological polar surface area (TPSA) is 60.6 Å². The number of pyridine rings is 1. The maximum absolute atomic E-state index is 13.0. The van der Waals surface area contributed by atoms with Crippen LogP contribution in [0.2, 0.25) is 0 Å². The molecule has 0 aliphatic carbocycles. The van der Waals surface area contributed by atoms with Gasteiger partial charge in [0.2, 0.25) is 0 Å². The molecule has 186 valence electrons. The SMILES string of the molecule is Cc1cc(C)c2cc(CN(CCCN3CCOCC3)C(=S)NC(C)c3ccccc3)c(=O)[nH]c2c1. The highest BCUT2D eigenvalue weighted by Crippen LogP contribution is 2.19. The fourth-order valence-corrected chi connectivity index (χ4v) is 5.04. The van der Waals surface area contributed by atoms with Crippen LogP contribution in [0.1, 0.15) is 41.6 Å². The summed E-state index contributed by atoms with van der Waals surface area (Å²) in [5.41, 5.74) is 5.04. The molecule has 0 radical (unpaired) electrons. The zero-order valence-electron chi connectivity index (χ0n) is 21.0. The number of nitrogens with one attached hydrogen (secondary N) is 2. The van der Waals surface area contributed by atoms with E-state index in [1.54, 1.807) is 0 Å². The van der Waals surface area contributed by atoms with Gasteiger partial charge in [-0.1, -0.05) is 36.4 Å². The maximum atomic E-state index is 13.0. The van der Waals surface area contributed by atoms with Crippen molar-refractivity contribution in [2.75, 3.05) is 39.4 Å². The first kappa shape index (κ1) is 25.4. The van der Waals surface area contributed by atoms with Crippen molar-refractivity contribution in [1.82, 2.24) is 20.1 Å². The molecule has 1 fully saturated rings. The highest BCUT2D eigenvalue weighted by atomic mass is 32.1. The standard InChI is InChI=1S/C28H36N4O2S/c1-20-16-21(2)25-18-24(27(33)30-26(25)17-20)19-32(11-7-10-31-12-14-34-15-13-31)28(35)29-22(3)23-8-5-4-6-9-23/h4-6,8-9,16-18,22H,7,10-15,19H2,1-3H3,(H,29,35)(H,30,33). The van der Waals surface area contributed by atoms with E-state index in [4.69, 9.17) is 17.0 Å². The molecule has 0 bridgehead atoms. The van der Waals surface area contributed by atoms with Crippen LogP contribution in [0.5, 0.6) is 0 Å². The summed E-state index contributed by atoms with van der Waals surface area (Å²) in [6.45, 7) is 12.0. The molecule has 1 aromatic heterocycles. The molecular weight excluding hydrogens is 456 g/mol. The van der Waals surface area contributed by atoms with Crippen LogP contribution in [0.3, 0.4) is 0 Å². The molecule has 2 heterocycles. The Morgan fingerprint density at radius 1 is 1.17 bits per heavy atom. The third-order valence-corrected chi connectivity index (χ3v) is 7.06. The number of ether oxygens (including phenoxy) is 1. The van der Waals surface area contributed by atoms with Gasteiger partial charge in [-0.15, -0.1) is 0 Å². The maximum Gasteiger partial charge on any atom is 0.253 e. The Labute approximate surface area is 213 Å². The summed E-state index contributed by atoms with van der Waals surface area (Å²) in [4.78, 5) is 20.7. The lowest BCUT2D eigenvalue weighted by atomic mass is 10.0. The van der Waals surface area contributed by atoms with Gasteiger partial charge in [0.1, 0.15) is 0 Å².